The first-order chi connectivity index (χ1) is 27.4. The van der Waals surface area contributed by atoms with Gasteiger partial charge in [-0.05, 0) is 148 Å². The maximum Gasteiger partial charge on any atom is 0.0703 e. The third kappa shape index (κ3) is 5.56. The van der Waals surface area contributed by atoms with Crippen LogP contribution in [0.25, 0.3) is 44.6 Å². The molecule has 0 atom stereocenters. The highest BCUT2D eigenvalue weighted by Crippen LogP contribution is 2.61. The Morgan fingerprint density at radius 2 is 0.982 bits per heavy atom. The molecule has 4 saturated carbocycles. The van der Waals surface area contributed by atoms with Crippen molar-refractivity contribution in [3.05, 3.63) is 181 Å². The minimum Gasteiger partial charge on any atom is -0.309 e. The van der Waals surface area contributed by atoms with E-state index in [0.717, 1.165) is 46.1 Å². The molecular formula is C54H48N2. The van der Waals surface area contributed by atoms with Gasteiger partial charge in [-0.25, -0.2) is 0 Å². The lowest BCUT2D eigenvalue weighted by atomic mass is 9.48. The molecule has 0 radical (unpaired) electrons. The molecule has 56 heavy (non-hydrogen) atoms. The van der Waals surface area contributed by atoms with Crippen LogP contribution in [0.5, 0.6) is 0 Å². The molecule has 5 aliphatic carbocycles. The molecule has 0 unspecified atom stereocenters. The molecule has 5 aliphatic rings. The number of rotatable bonds is 7. The standard InChI is InChI=1S/C54H48N2/c1-53(2)50-11-7-6-10-48(50)49-26-24-46(31-51(49)53)56(47-25-27-52(55-35-47)43-8-4-3-5-9-43)45-22-18-42(19-23-45)40-14-12-39(13-15-40)41-16-20-44(21-17-41)54-32-36-28-37(33-54)30-38(29-36)34-54/h3-27,31,35-38H,28-30,32-34H2,1-2H3. The van der Waals surface area contributed by atoms with Crippen LogP contribution in [0.4, 0.5) is 17.1 Å². The lowest BCUT2D eigenvalue weighted by Gasteiger charge is -2.57. The summed E-state index contributed by atoms with van der Waals surface area (Å²) in [7, 11) is 0. The van der Waals surface area contributed by atoms with E-state index in [0.29, 0.717) is 5.41 Å². The monoisotopic (exact) mass is 724 g/mol. The van der Waals surface area contributed by atoms with E-state index >= 15 is 0 Å². The van der Waals surface area contributed by atoms with Gasteiger partial charge >= 0.3 is 0 Å². The molecule has 0 saturated heterocycles. The summed E-state index contributed by atoms with van der Waals surface area (Å²) in [4.78, 5) is 7.31. The summed E-state index contributed by atoms with van der Waals surface area (Å²) in [6.07, 6.45) is 10.7. The van der Waals surface area contributed by atoms with Crippen molar-refractivity contribution in [1.82, 2.24) is 4.98 Å². The highest BCUT2D eigenvalue weighted by atomic mass is 15.1. The fourth-order valence-electron chi connectivity index (χ4n) is 11.7. The fourth-order valence-corrected chi connectivity index (χ4v) is 11.7. The molecule has 0 amide bonds. The number of nitrogens with zero attached hydrogens (tertiary/aromatic N) is 2. The van der Waals surface area contributed by atoms with E-state index in [1.54, 1.807) is 5.56 Å². The Labute approximate surface area is 331 Å². The maximum atomic E-state index is 4.96. The van der Waals surface area contributed by atoms with E-state index in [1.807, 2.05) is 12.3 Å². The minimum atomic E-state index is -0.0878. The zero-order valence-corrected chi connectivity index (χ0v) is 32.5. The van der Waals surface area contributed by atoms with Gasteiger partial charge in [-0.2, -0.15) is 0 Å². The second-order valence-electron chi connectivity index (χ2n) is 17.9. The van der Waals surface area contributed by atoms with E-state index < -0.39 is 0 Å². The molecule has 7 aromatic rings. The van der Waals surface area contributed by atoms with Crippen molar-refractivity contribution < 1.29 is 0 Å². The summed E-state index contributed by atoms with van der Waals surface area (Å²) < 4.78 is 0. The quantitative estimate of drug-likeness (QED) is 0.163. The van der Waals surface area contributed by atoms with Crippen LogP contribution in [0.1, 0.15) is 69.1 Å². The Morgan fingerprint density at radius 1 is 0.464 bits per heavy atom. The normalized spacial score (nSPS) is 22.4. The van der Waals surface area contributed by atoms with Crippen molar-refractivity contribution in [3.8, 4) is 44.6 Å². The summed E-state index contributed by atoms with van der Waals surface area (Å²) in [5.41, 5.74) is 17.7. The Morgan fingerprint density at radius 3 is 1.59 bits per heavy atom. The predicted molar refractivity (Wildman–Crippen MR) is 233 cm³/mol. The lowest BCUT2D eigenvalue weighted by molar-refractivity contribution is -0.00518. The highest BCUT2D eigenvalue weighted by Gasteiger charge is 2.51. The van der Waals surface area contributed by atoms with E-state index in [-0.39, 0.29) is 5.41 Å². The van der Waals surface area contributed by atoms with Gasteiger partial charge in [0.1, 0.15) is 0 Å². The van der Waals surface area contributed by atoms with Gasteiger partial charge in [-0.3, -0.25) is 4.98 Å². The number of anilines is 3. The van der Waals surface area contributed by atoms with E-state index in [4.69, 9.17) is 4.98 Å². The summed E-state index contributed by atoms with van der Waals surface area (Å²) in [5.74, 6) is 2.91. The Hall–Kier alpha value is -5.73. The van der Waals surface area contributed by atoms with Crippen molar-refractivity contribution >= 4 is 17.1 Å². The molecule has 0 N–H and O–H groups in total. The predicted octanol–water partition coefficient (Wildman–Crippen LogP) is 14.3. The number of pyridine rings is 1. The van der Waals surface area contributed by atoms with Gasteiger partial charge < -0.3 is 4.90 Å². The van der Waals surface area contributed by atoms with Gasteiger partial charge in [0.2, 0.25) is 0 Å². The van der Waals surface area contributed by atoms with Crippen LogP contribution < -0.4 is 4.90 Å². The van der Waals surface area contributed by atoms with Gasteiger partial charge in [0, 0.05) is 22.4 Å². The topological polar surface area (TPSA) is 16.1 Å². The molecule has 6 aromatic carbocycles. The Balaban J connectivity index is 0.888. The average Bonchev–Trinajstić information content (AvgIpc) is 3.47. The molecule has 0 aliphatic heterocycles. The van der Waals surface area contributed by atoms with Gasteiger partial charge in [0.05, 0.1) is 17.6 Å². The zero-order chi connectivity index (χ0) is 37.4. The lowest BCUT2D eigenvalue weighted by Crippen LogP contribution is -2.48. The minimum absolute atomic E-state index is 0.0878. The van der Waals surface area contributed by atoms with Gasteiger partial charge in [-0.1, -0.05) is 135 Å². The van der Waals surface area contributed by atoms with Gasteiger partial charge in [0.15, 0.2) is 0 Å². The number of hydrogen-bond acceptors (Lipinski definition) is 2. The largest absolute Gasteiger partial charge is 0.309 e. The first kappa shape index (κ1) is 33.6. The van der Waals surface area contributed by atoms with Crippen LogP contribution in [0.15, 0.2) is 164 Å². The van der Waals surface area contributed by atoms with Gasteiger partial charge in [-0.15, -0.1) is 0 Å². The molecule has 12 rings (SSSR count). The molecule has 4 bridgehead atoms. The first-order valence-corrected chi connectivity index (χ1v) is 20.8. The van der Waals surface area contributed by atoms with Crippen molar-refractivity contribution in [2.45, 2.75) is 63.2 Å². The van der Waals surface area contributed by atoms with Crippen LogP contribution in [0, 0.1) is 17.8 Å². The fraction of sp³-hybridized carbons (Fsp3) is 0.241. The SMILES string of the molecule is CC1(C)c2ccccc2-c2ccc(N(c3ccc(-c4ccc(-c5ccc(C67CC8CC(CC(C8)C6)C7)cc5)cc4)cc3)c3ccc(-c4ccccc4)nc3)cc21. The molecular weight excluding hydrogens is 677 g/mol. The maximum absolute atomic E-state index is 4.96. The second kappa shape index (κ2) is 12.9. The number of aromatic nitrogens is 1. The van der Waals surface area contributed by atoms with E-state index in [2.05, 4.69) is 170 Å². The Bertz CT molecular complexity index is 2510. The molecule has 1 aromatic heterocycles. The second-order valence-corrected chi connectivity index (χ2v) is 17.9. The highest BCUT2D eigenvalue weighted by molar-refractivity contribution is 5.86. The number of fused-ring (bicyclic) bond motifs is 3. The molecule has 4 fully saturated rings. The third-order valence-electron chi connectivity index (χ3n) is 14.1. The first-order valence-electron chi connectivity index (χ1n) is 20.8. The summed E-state index contributed by atoms with van der Waals surface area (Å²) in [5, 5.41) is 0. The summed E-state index contributed by atoms with van der Waals surface area (Å²) in [6, 6.07) is 58.4. The molecule has 1 heterocycles. The number of benzene rings is 6. The van der Waals surface area contributed by atoms with E-state index in [9.17, 15) is 0 Å². The average molecular weight is 725 g/mol. The van der Waals surface area contributed by atoms with Crippen LogP contribution in [-0.2, 0) is 10.8 Å². The van der Waals surface area contributed by atoms with Crippen molar-refractivity contribution in [2.24, 2.45) is 17.8 Å². The van der Waals surface area contributed by atoms with Gasteiger partial charge in [0.25, 0.3) is 0 Å². The van der Waals surface area contributed by atoms with Crippen molar-refractivity contribution in [3.63, 3.8) is 0 Å². The summed E-state index contributed by atoms with van der Waals surface area (Å²) in [6.45, 7) is 4.70. The van der Waals surface area contributed by atoms with Crippen LogP contribution in [0.2, 0.25) is 0 Å². The van der Waals surface area contributed by atoms with Crippen molar-refractivity contribution in [2.75, 3.05) is 4.90 Å². The molecule has 2 nitrogen and oxygen atoms in total. The van der Waals surface area contributed by atoms with Crippen LogP contribution in [0.3, 0.4) is 0 Å². The van der Waals surface area contributed by atoms with Crippen molar-refractivity contribution in [1.29, 1.82) is 0 Å². The van der Waals surface area contributed by atoms with Crippen LogP contribution in [-0.4, -0.2) is 4.98 Å². The Kier molecular flexibility index (Phi) is 7.75. The zero-order valence-electron chi connectivity index (χ0n) is 32.5. The summed E-state index contributed by atoms with van der Waals surface area (Å²) >= 11 is 0. The number of hydrogen-bond donors (Lipinski definition) is 0. The molecule has 0 spiro atoms. The molecule has 2 heteroatoms. The smallest absolute Gasteiger partial charge is 0.0703 e. The molecule has 274 valence electrons. The third-order valence-corrected chi connectivity index (χ3v) is 14.1. The van der Waals surface area contributed by atoms with E-state index in [1.165, 1.54) is 83.0 Å². The van der Waals surface area contributed by atoms with Crippen LogP contribution >= 0.6 is 0 Å².